The van der Waals surface area contributed by atoms with Gasteiger partial charge in [-0.1, -0.05) is 30.3 Å². The van der Waals surface area contributed by atoms with E-state index in [0.29, 0.717) is 11.3 Å². The Kier molecular flexibility index (Phi) is 8.43. The van der Waals surface area contributed by atoms with Crippen molar-refractivity contribution < 1.29 is 43.2 Å². The number of ether oxygens (including phenoxy) is 4. The summed E-state index contributed by atoms with van der Waals surface area (Å²) >= 11 is 0. The molecule has 1 saturated heterocycles. The molecule has 1 aliphatic heterocycles. The van der Waals surface area contributed by atoms with Gasteiger partial charge < -0.3 is 50.4 Å². The maximum absolute atomic E-state index is 13.1. The lowest BCUT2D eigenvalue weighted by Crippen LogP contribution is -2.65. The van der Waals surface area contributed by atoms with Crippen molar-refractivity contribution in [2.75, 3.05) is 18.2 Å². The molecule has 0 saturated carbocycles. The first-order valence-electron chi connectivity index (χ1n) is 13.9. The summed E-state index contributed by atoms with van der Waals surface area (Å²) in [6.45, 7) is 4.89. The molecule has 4 atom stereocenters. The van der Waals surface area contributed by atoms with Gasteiger partial charge in [0.25, 0.3) is 5.91 Å². The van der Waals surface area contributed by atoms with E-state index in [0.717, 1.165) is 5.56 Å². The van der Waals surface area contributed by atoms with Crippen molar-refractivity contribution in [3.05, 3.63) is 82.2 Å². The second-order valence-corrected chi connectivity index (χ2v) is 11.1. The average Bonchev–Trinajstić information content (AvgIpc) is 2.99. The Hall–Kier alpha value is -5.11. The molecule has 0 radical (unpaired) electrons. The van der Waals surface area contributed by atoms with Crippen LogP contribution in [0.15, 0.2) is 69.9 Å². The fourth-order valence-corrected chi connectivity index (χ4v) is 5.45. The second-order valence-electron chi connectivity index (χ2n) is 11.1. The molecule has 5 rings (SSSR count). The summed E-state index contributed by atoms with van der Waals surface area (Å²) in [6, 6.07) is 16.7. The van der Waals surface area contributed by atoms with Crippen molar-refractivity contribution in [3.63, 3.8) is 0 Å². The molecule has 0 aliphatic carbocycles. The van der Waals surface area contributed by atoms with Crippen LogP contribution in [0.5, 0.6) is 11.5 Å². The summed E-state index contributed by atoms with van der Waals surface area (Å²) in [5.41, 5.74) is 11.2. The number of aliphatic hydroxyl groups excluding tert-OH is 1. The van der Waals surface area contributed by atoms with E-state index in [-0.39, 0.29) is 27.8 Å². The number of carbonyl (C=O) groups is 2. The standard InChI is InChI=1S/C32H33N3O10/c1-15-21(42-30-24(37)26(44-31(34)40)27(41-4)32(2,3)45-30)13-12-19-23(36)22(29(39)43-25(15)19)35-28(38)17-9-7-8-16(14-17)18-10-5-6-11-20(18)33/h5-14,24,26-27,30,36-37H,33H2,1-4H3,(H2,34,40)(H,35,38)/t24-,26+,27-,30-/m1/s1. The number of anilines is 2. The van der Waals surface area contributed by atoms with Crippen LogP contribution in [0.2, 0.25) is 0 Å². The average molecular weight is 620 g/mol. The summed E-state index contributed by atoms with van der Waals surface area (Å²) < 4.78 is 27.9. The van der Waals surface area contributed by atoms with Crippen molar-refractivity contribution >= 4 is 34.3 Å². The van der Waals surface area contributed by atoms with Crippen molar-refractivity contribution in [1.29, 1.82) is 0 Å². The van der Waals surface area contributed by atoms with E-state index in [9.17, 15) is 24.6 Å². The van der Waals surface area contributed by atoms with Gasteiger partial charge in [-0.15, -0.1) is 0 Å². The highest BCUT2D eigenvalue weighted by atomic mass is 16.7. The van der Waals surface area contributed by atoms with Gasteiger partial charge in [0, 0.05) is 29.5 Å². The fraction of sp³-hybridized carbons (Fsp3) is 0.281. The predicted molar refractivity (Wildman–Crippen MR) is 164 cm³/mol. The number of nitrogens with two attached hydrogens (primary N) is 2. The molecule has 0 bridgehead atoms. The number of rotatable bonds is 7. The minimum Gasteiger partial charge on any atom is -0.505 e. The normalized spacial score (nSPS) is 20.8. The zero-order chi connectivity index (χ0) is 32.6. The van der Waals surface area contributed by atoms with Gasteiger partial charge in [0.05, 0.1) is 11.0 Å². The lowest BCUT2D eigenvalue weighted by Gasteiger charge is -2.47. The Bertz CT molecular complexity index is 1840. The third-order valence-corrected chi connectivity index (χ3v) is 7.65. The first-order chi connectivity index (χ1) is 21.3. The summed E-state index contributed by atoms with van der Waals surface area (Å²) in [4.78, 5) is 37.7. The number of methoxy groups -OCH3 is 1. The number of aryl methyl sites for hydroxylation is 1. The summed E-state index contributed by atoms with van der Waals surface area (Å²) in [6.07, 6.45) is -6.08. The van der Waals surface area contributed by atoms with Gasteiger partial charge in [0.15, 0.2) is 23.6 Å². The largest absolute Gasteiger partial charge is 0.505 e. The maximum Gasteiger partial charge on any atom is 0.404 e. The van der Waals surface area contributed by atoms with Crippen LogP contribution in [-0.4, -0.2) is 59.5 Å². The van der Waals surface area contributed by atoms with E-state index in [1.165, 1.54) is 19.2 Å². The van der Waals surface area contributed by atoms with Crippen molar-refractivity contribution in [1.82, 2.24) is 0 Å². The first-order valence-corrected chi connectivity index (χ1v) is 13.9. The number of aromatic hydroxyl groups is 1. The maximum atomic E-state index is 13.1. The van der Waals surface area contributed by atoms with Gasteiger partial charge in [0.2, 0.25) is 6.29 Å². The number of hydrogen-bond acceptors (Lipinski definition) is 11. The van der Waals surface area contributed by atoms with E-state index < -0.39 is 59.3 Å². The Morgan fingerprint density at radius 3 is 2.49 bits per heavy atom. The van der Waals surface area contributed by atoms with Gasteiger partial charge in [0.1, 0.15) is 17.4 Å². The summed E-state index contributed by atoms with van der Waals surface area (Å²) in [5.74, 6) is -1.04. The highest BCUT2D eigenvalue weighted by Crippen LogP contribution is 2.38. The third kappa shape index (κ3) is 6.00. The lowest BCUT2D eigenvalue weighted by molar-refractivity contribution is -0.304. The molecule has 2 heterocycles. The topological polar surface area (TPSA) is 206 Å². The van der Waals surface area contributed by atoms with Crippen molar-refractivity contribution in [2.45, 2.75) is 51.0 Å². The lowest BCUT2D eigenvalue weighted by atomic mass is 9.89. The highest BCUT2D eigenvalue weighted by molar-refractivity contribution is 6.07. The Labute approximate surface area is 257 Å². The first kappa shape index (κ1) is 31.3. The Morgan fingerprint density at radius 1 is 1.07 bits per heavy atom. The van der Waals surface area contributed by atoms with E-state index in [2.05, 4.69) is 5.32 Å². The number of primary amides is 1. The van der Waals surface area contributed by atoms with Crippen molar-refractivity contribution in [2.24, 2.45) is 5.73 Å². The Balaban J connectivity index is 1.42. The molecule has 2 amide bonds. The molecule has 236 valence electrons. The number of fused-ring (bicyclic) bond motifs is 1. The molecule has 7 N–H and O–H groups in total. The van der Waals surface area contributed by atoms with Crippen LogP contribution in [0.4, 0.5) is 16.2 Å². The van der Waals surface area contributed by atoms with Crippen LogP contribution in [-0.2, 0) is 14.2 Å². The monoisotopic (exact) mass is 619 g/mol. The SMILES string of the molecule is CO[C@@H]1[C@@H](OC(N)=O)[C@@H](O)[C@H](Oc2ccc3c(O)c(NC(=O)c4cccc(-c5ccccc5N)c4)c(=O)oc3c2C)OC1(C)C. The number of carbonyl (C=O) groups excluding carboxylic acids is 2. The smallest absolute Gasteiger partial charge is 0.404 e. The molecule has 4 aromatic rings. The number of hydrogen-bond donors (Lipinski definition) is 5. The van der Waals surface area contributed by atoms with E-state index >= 15 is 0 Å². The van der Waals surface area contributed by atoms with Gasteiger partial charge in [-0.3, -0.25) is 4.79 Å². The highest BCUT2D eigenvalue weighted by Gasteiger charge is 2.53. The summed E-state index contributed by atoms with van der Waals surface area (Å²) in [7, 11) is 1.37. The molecule has 45 heavy (non-hydrogen) atoms. The molecular weight excluding hydrogens is 586 g/mol. The van der Waals surface area contributed by atoms with E-state index in [1.54, 1.807) is 57.2 Å². The van der Waals surface area contributed by atoms with Crippen molar-refractivity contribution in [3.8, 4) is 22.6 Å². The van der Waals surface area contributed by atoms with Gasteiger partial charge >= 0.3 is 11.7 Å². The predicted octanol–water partition coefficient (Wildman–Crippen LogP) is 3.66. The molecule has 13 nitrogen and oxygen atoms in total. The minimum absolute atomic E-state index is 0.0289. The van der Waals surface area contributed by atoms with Crippen LogP contribution in [0.25, 0.3) is 22.1 Å². The zero-order valence-electron chi connectivity index (χ0n) is 24.9. The number of nitrogen functional groups attached to an aromatic ring is 1. The molecule has 3 aromatic carbocycles. The van der Waals surface area contributed by atoms with E-state index in [4.69, 9.17) is 34.8 Å². The van der Waals surface area contributed by atoms with Crippen LogP contribution in [0.3, 0.4) is 0 Å². The van der Waals surface area contributed by atoms with Gasteiger partial charge in [-0.05, 0) is 56.7 Å². The van der Waals surface area contributed by atoms with Gasteiger partial charge in [-0.25, -0.2) is 9.59 Å². The fourth-order valence-electron chi connectivity index (χ4n) is 5.45. The number of benzene rings is 3. The number of amides is 2. The zero-order valence-corrected chi connectivity index (χ0v) is 24.9. The van der Waals surface area contributed by atoms with Crippen LogP contribution in [0.1, 0.15) is 29.8 Å². The molecule has 1 aromatic heterocycles. The molecule has 1 fully saturated rings. The molecule has 0 unspecified atom stereocenters. The third-order valence-electron chi connectivity index (χ3n) is 7.65. The van der Waals surface area contributed by atoms with Crippen LogP contribution >= 0.6 is 0 Å². The van der Waals surface area contributed by atoms with Crippen LogP contribution < -0.4 is 27.1 Å². The quantitative estimate of drug-likeness (QED) is 0.149. The molecule has 13 heteroatoms. The summed E-state index contributed by atoms with van der Waals surface area (Å²) in [5, 5.41) is 24.6. The molecular formula is C32H33N3O10. The van der Waals surface area contributed by atoms with Gasteiger partial charge in [-0.2, -0.15) is 0 Å². The molecule has 0 spiro atoms. The molecule has 1 aliphatic rings. The number of aliphatic hydroxyl groups is 1. The van der Waals surface area contributed by atoms with Crippen LogP contribution in [0, 0.1) is 6.92 Å². The number of para-hydroxylation sites is 1. The Morgan fingerprint density at radius 2 is 1.80 bits per heavy atom. The van der Waals surface area contributed by atoms with E-state index in [1.807, 2.05) is 12.1 Å². The number of nitrogens with one attached hydrogen (secondary N) is 1. The minimum atomic E-state index is -1.51. The second kappa shape index (κ2) is 12.1.